The first-order chi connectivity index (χ1) is 18.2. The van der Waals surface area contributed by atoms with Gasteiger partial charge in [0.05, 0.1) is 11.3 Å². The highest BCUT2D eigenvalue weighted by atomic mass is 16.4. The van der Waals surface area contributed by atoms with Crippen LogP contribution in [0.5, 0.6) is 0 Å². The molecule has 5 N–H and O–H groups in total. The third-order valence-corrected chi connectivity index (χ3v) is 7.85. The molecule has 2 aromatic carbocycles. The number of rotatable bonds is 10. The van der Waals surface area contributed by atoms with Gasteiger partial charge in [-0.15, -0.1) is 0 Å². The number of hydrogen-bond acceptors (Lipinski definition) is 4. The van der Waals surface area contributed by atoms with E-state index in [2.05, 4.69) is 24.5 Å². The first-order valence-corrected chi connectivity index (χ1v) is 13.4. The Morgan fingerprint density at radius 3 is 2.42 bits per heavy atom. The highest BCUT2D eigenvalue weighted by molar-refractivity contribution is 6.06. The second kappa shape index (κ2) is 11.3. The maximum atomic E-state index is 14.0. The van der Waals surface area contributed by atoms with Gasteiger partial charge in [-0.2, -0.15) is 0 Å². The molecule has 1 aliphatic rings. The second-order valence-electron chi connectivity index (χ2n) is 10.8. The maximum Gasteiger partial charge on any atom is 0.352 e. The van der Waals surface area contributed by atoms with E-state index in [1.807, 2.05) is 54.6 Å². The zero-order valence-electron chi connectivity index (χ0n) is 22.4. The van der Waals surface area contributed by atoms with Crippen LogP contribution in [0.25, 0.3) is 10.9 Å². The smallest absolute Gasteiger partial charge is 0.352 e. The van der Waals surface area contributed by atoms with Crippen molar-refractivity contribution < 1.29 is 19.5 Å². The monoisotopic (exact) mass is 518 g/mol. The summed E-state index contributed by atoms with van der Waals surface area (Å²) < 4.78 is 1.59. The van der Waals surface area contributed by atoms with E-state index in [0.717, 1.165) is 18.5 Å². The van der Waals surface area contributed by atoms with Crippen LogP contribution < -0.4 is 16.4 Å². The summed E-state index contributed by atoms with van der Waals surface area (Å²) in [7, 11) is 1.68. The quantitative estimate of drug-likeness (QED) is 0.316. The van der Waals surface area contributed by atoms with Gasteiger partial charge in [-0.05, 0) is 43.4 Å². The van der Waals surface area contributed by atoms with Crippen LogP contribution in [0.4, 0.5) is 5.69 Å². The molecule has 1 aliphatic carbocycles. The number of fused-ring (bicyclic) bond motifs is 1. The lowest BCUT2D eigenvalue weighted by atomic mass is 9.60. The van der Waals surface area contributed by atoms with E-state index in [-0.39, 0.29) is 17.6 Å². The summed E-state index contributed by atoms with van der Waals surface area (Å²) in [6, 6.07) is 16.9. The van der Waals surface area contributed by atoms with Gasteiger partial charge in [-0.1, -0.05) is 63.1 Å². The highest BCUT2D eigenvalue weighted by Gasteiger charge is 2.54. The Balaban J connectivity index is 1.74. The summed E-state index contributed by atoms with van der Waals surface area (Å²) in [5, 5.41) is 17.5. The second-order valence-corrected chi connectivity index (χ2v) is 10.8. The Bertz CT molecular complexity index is 1320. The highest BCUT2D eigenvalue weighted by Crippen LogP contribution is 2.48. The molecule has 0 bridgehead atoms. The van der Waals surface area contributed by atoms with Gasteiger partial charge in [0, 0.05) is 41.8 Å². The number of aromatic nitrogens is 1. The van der Waals surface area contributed by atoms with Crippen LogP contribution in [-0.4, -0.2) is 40.0 Å². The SMILES string of the molecule is CC(C)C[C@H](CNc1ccccc1)NC(=O)[C@@H]1CCCC[C@@]1(C(N)=O)c1c(C(=O)O)n(C)c2ccccc12. The Hall–Kier alpha value is -3.81. The standard InChI is InChI=1S/C30H38N4O4/c1-19(2)17-21(18-32-20-11-5-4-6-12-20)33-27(35)23-14-9-10-16-30(23,29(31)38)25-22-13-7-8-15-24(22)34(3)26(25)28(36)37/h4-8,11-13,15,19,21,23,32H,9-10,14,16-18H2,1-3H3,(H2,31,38)(H,33,35)(H,36,37)/t21-,23+,30+/m1/s1. The molecule has 3 aromatic rings. The van der Waals surface area contributed by atoms with Crippen molar-refractivity contribution in [1.82, 2.24) is 9.88 Å². The maximum absolute atomic E-state index is 14.0. The largest absolute Gasteiger partial charge is 0.477 e. The molecular weight excluding hydrogens is 480 g/mol. The van der Waals surface area contributed by atoms with E-state index < -0.39 is 23.2 Å². The fourth-order valence-electron chi connectivity index (χ4n) is 6.20. The average molecular weight is 519 g/mol. The van der Waals surface area contributed by atoms with Gasteiger partial charge in [0.1, 0.15) is 5.69 Å². The van der Waals surface area contributed by atoms with Gasteiger partial charge in [0.2, 0.25) is 11.8 Å². The van der Waals surface area contributed by atoms with Crippen molar-refractivity contribution >= 4 is 34.4 Å². The molecule has 0 spiro atoms. The lowest BCUT2D eigenvalue weighted by Gasteiger charge is -2.42. The minimum Gasteiger partial charge on any atom is -0.477 e. The summed E-state index contributed by atoms with van der Waals surface area (Å²) in [5.74, 6) is -2.49. The third kappa shape index (κ3) is 5.12. The molecule has 1 saturated carbocycles. The average Bonchev–Trinajstić information content (AvgIpc) is 3.20. The molecule has 1 fully saturated rings. The predicted octanol–water partition coefficient (Wildman–Crippen LogP) is 4.43. The van der Waals surface area contributed by atoms with Crippen molar-refractivity contribution in [1.29, 1.82) is 0 Å². The molecule has 202 valence electrons. The zero-order chi connectivity index (χ0) is 27.4. The number of nitrogens with zero attached hydrogens (tertiary/aromatic N) is 1. The van der Waals surface area contributed by atoms with Crippen molar-refractivity contribution in [2.24, 2.45) is 24.6 Å². The number of carboxylic acids is 1. The number of anilines is 1. The number of primary amides is 1. The number of hydrogen-bond donors (Lipinski definition) is 4. The number of nitrogens with one attached hydrogen (secondary N) is 2. The van der Waals surface area contributed by atoms with Crippen LogP contribution in [0, 0.1) is 11.8 Å². The van der Waals surface area contributed by atoms with E-state index >= 15 is 0 Å². The van der Waals surface area contributed by atoms with Crippen molar-refractivity contribution in [3.05, 3.63) is 65.9 Å². The van der Waals surface area contributed by atoms with Crippen molar-refractivity contribution in [2.75, 3.05) is 11.9 Å². The summed E-state index contributed by atoms with van der Waals surface area (Å²) in [6.45, 7) is 4.73. The molecule has 8 nitrogen and oxygen atoms in total. The van der Waals surface area contributed by atoms with Crippen molar-refractivity contribution in [3.8, 4) is 0 Å². The number of para-hydroxylation sites is 2. The van der Waals surface area contributed by atoms with E-state index in [1.54, 1.807) is 11.6 Å². The van der Waals surface area contributed by atoms with Crippen LogP contribution >= 0.6 is 0 Å². The number of carbonyl (C=O) groups is 3. The third-order valence-electron chi connectivity index (χ3n) is 7.85. The minimum atomic E-state index is -1.42. The summed E-state index contributed by atoms with van der Waals surface area (Å²) in [6.07, 6.45) is 2.97. The summed E-state index contributed by atoms with van der Waals surface area (Å²) in [5.41, 5.74) is 6.74. The lowest BCUT2D eigenvalue weighted by Crippen LogP contribution is -2.56. The molecule has 38 heavy (non-hydrogen) atoms. The minimum absolute atomic E-state index is 0.00850. The topological polar surface area (TPSA) is 126 Å². The van der Waals surface area contributed by atoms with E-state index in [1.165, 1.54) is 0 Å². The predicted molar refractivity (Wildman–Crippen MR) is 149 cm³/mol. The van der Waals surface area contributed by atoms with Gasteiger partial charge in [0.15, 0.2) is 0 Å². The number of benzene rings is 2. The molecule has 0 radical (unpaired) electrons. The molecule has 0 saturated heterocycles. The van der Waals surface area contributed by atoms with Crippen LogP contribution in [0.15, 0.2) is 54.6 Å². The molecule has 4 rings (SSSR count). The number of amides is 2. The molecule has 1 aromatic heterocycles. The Morgan fingerprint density at radius 1 is 1.08 bits per heavy atom. The first-order valence-electron chi connectivity index (χ1n) is 13.4. The molecule has 8 heteroatoms. The molecule has 1 heterocycles. The normalized spacial score (nSPS) is 20.3. The van der Waals surface area contributed by atoms with Gasteiger partial charge in [-0.3, -0.25) is 9.59 Å². The van der Waals surface area contributed by atoms with Crippen LogP contribution in [-0.2, 0) is 22.1 Å². The molecule has 0 unspecified atom stereocenters. The Kier molecular flexibility index (Phi) is 8.09. The van der Waals surface area contributed by atoms with Crippen molar-refractivity contribution in [3.63, 3.8) is 0 Å². The van der Waals surface area contributed by atoms with Gasteiger partial charge in [0.25, 0.3) is 0 Å². The van der Waals surface area contributed by atoms with Crippen LogP contribution in [0.3, 0.4) is 0 Å². The molecule has 3 atom stereocenters. The van der Waals surface area contributed by atoms with E-state index in [4.69, 9.17) is 5.73 Å². The molecular formula is C30H38N4O4. The van der Waals surface area contributed by atoms with E-state index in [0.29, 0.717) is 48.2 Å². The van der Waals surface area contributed by atoms with Gasteiger partial charge < -0.3 is 26.0 Å². The number of nitrogens with two attached hydrogens (primary N) is 1. The van der Waals surface area contributed by atoms with Crippen molar-refractivity contribution in [2.45, 2.75) is 57.4 Å². The zero-order valence-corrected chi connectivity index (χ0v) is 22.4. The summed E-state index contributed by atoms with van der Waals surface area (Å²) >= 11 is 0. The Morgan fingerprint density at radius 2 is 1.76 bits per heavy atom. The molecule has 0 aliphatic heterocycles. The number of aryl methyl sites for hydroxylation is 1. The number of carbonyl (C=O) groups excluding carboxylic acids is 2. The van der Waals surface area contributed by atoms with Crippen LogP contribution in [0.2, 0.25) is 0 Å². The number of carboxylic acid groups (broad SMARTS) is 1. The first kappa shape index (κ1) is 27.2. The Labute approximate surface area is 223 Å². The summed E-state index contributed by atoms with van der Waals surface area (Å²) in [4.78, 5) is 40.0. The van der Waals surface area contributed by atoms with Gasteiger partial charge in [-0.25, -0.2) is 4.79 Å². The fourth-order valence-corrected chi connectivity index (χ4v) is 6.20. The number of aromatic carboxylic acids is 1. The van der Waals surface area contributed by atoms with Crippen LogP contribution in [0.1, 0.15) is 62.0 Å². The van der Waals surface area contributed by atoms with E-state index in [9.17, 15) is 19.5 Å². The van der Waals surface area contributed by atoms with Gasteiger partial charge >= 0.3 is 5.97 Å². The lowest BCUT2D eigenvalue weighted by molar-refractivity contribution is -0.137. The fraction of sp³-hybridized carbons (Fsp3) is 0.433. The molecule has 2 amide bonds.